The predicted molar refractivity (Wildman–Crippen MR) is 177 cm³/mol. The number of pyridine rings is 1. The zero-order valence-corrected chi connectivity index (χ0v) is 27.7. The molecule has 2 aliphatic heterocycles. The number of urea groups is 1. The van der Waals surface area contributed by atoms with E-state index in [0.717, 1.165) is 86.8 Å². The Balaban J connectivity index is 0.000000473. The Morgan fingerprint density at radius 1 is 1.18 bits per heavy atom. The highest BCUT2D eigenvalue weighted by atomic mass is 32.2. The first kappa shape index (κ1) is 37.1. The van der Waals surface area contributed by atoms with Gasteiger partial charge in [0.2, 0.25) is 5.91 Å². The van der Waals surface area contributed by atoms with E-state index in [9.17, 15) is 18.8 Å². The maximum atomic E-state index is 13.0. The van der Waals surface area contributed by atoms with E-state index in [2.05, 4.69) is 26.8 Å². The molecule has 0 spiro atoms. The average molecular weight is 649 g/mol. The summed E-state index contributed by atoms with van der Waals surface area (Å²) < 4.78 is 21.3. The summed E-state index contributed by atoms with van der Waals surface area (Å²) in [6.45, 7) is 14.0. The minimum atomic E-state index is -0.511. The molecule has 0 aliphatic carbocycles. The predicted octanol–water partition coefficient (Wildman–Crippen LogP) is 6.13. The summed E-state index contributed by atoms with van der Waals surface area (Å²) in [5.41, 5.74) is 7.50. The van der Waals surface area contributed by atoms with Gasteiger partial charge in [-0.2, -0.15) is 4.39 Å². The van der Waals surface area contributed by atoms with Crippen molar-refractivity contribution in [1.29, 1.82) is 0 Å². The van der Waals surface area contributed by atoms with Crippen molar-refractivity contribution in [3.63, 3.8) is 0 Å². The van der Waals surface area contributed by atoms with E-state index in [1.54, 1.807) is 18.2 Å². The van der Waals surface area contributed by atoms with E-state index in [1.807, 2.05) is 26.8 Å². The number of carbonyl (C=O) groups excluding carboxylic acids is 3. The Kier molecular flexibility index (Phi) is 17.5. The Hall–Kier alpha value is -3.10. The summed E-state index contributed by atoms with van der Waals surface area (Å²) in [6.07, 6.45) is 8.79. The van der Waals surface area contributed by atoms with Crippen molar-refractivity contribution in [1.82, 2.24) is 14.6 Å². The third-order valence-electron chi connectivity index (χ3n) is 6.36. The number of imide groups is 1. The Morgan fingerprint density at radius 2 is 1.93 bits per heavy atom. The van der Waals surface area contributed by atoms with E-state index >= 15 is 0 Å². The standard InChI is InChI=1S/C22H23FN4O3S2.C7H16N2O.C2H6/c1-3-4-14(2)5-6-15-7-11-19(28)27(21(15)29)18-10-8-16(13-24-18)25-22(30)26-32-20-12-9-17(23)31-20;8-2-1-3-9-4-6-10-7-5-9;1-2/h5-6,8-10,12-13H,3-4,7,11H2,1-2H3,(H2,25,26,30);1-8H2;1-2H3/b14-5-,15-6+;;. The summed E-state index contributed by atoms with van der Waals surface area (Å²) in [5.74, 6) is -0.492. The Morgan fingerprint density at radius 3 is 2.55 bits per heavy atom. The zero-order valence-electron chi connectivity index (χ0n) is 26.1. The molecule has 4 amide bonds. The Bertz CT molecular complexity index is 1250. The molecule has 2 aliphatic rings. The zero-order chi connectivity index (χ0) is 32.3. The minimum absolute atomic E-state index is 0.203. The highest BCUT2D eigenvalue weighted by Crippen LogP contribution is 2.26. The molecule has 0 atom stereocenters. The van der Waals surface area contributed by atoms with Crippen LogP contribution in [0.5, 0.6) is 0 Å². The summed E-state index contributed by atoms with van der Waals surface area (Å²) in [5, 5.41) is 2.26. The number of anilines is 2. The van der Waals surface area contributed by atoms with Crippen molar-refractivity contribution in [3.05, 3.63) is 58.9 Å². The average Bonchev–Trinajstić information content (AvgIpc) is 3.46. The number of carbonyl (C=O) groups is 3. The Labute approximate surface area is 268 Å². The second-order valence-electron chi connectivity index (χ2n) is 9.71. The number of aromatic nitrogens is 1. The maximum absolute atomic E-state index is 13.0. The van der Waals surface area contributed by atoms with E-state index in [1.165, 1.54) is 23.9 Å². The van der Waals surface area contributed by atoms with Gasteiger partial charge in [0.15, 0.2) is 5.13 Å². The van der Waals surface area contributed by atoms with Crippen LogP contribution >= 0.6 is 23.3 Å². The molecule has 0 unspecified atom stereocenters. The van der Waals surface area contributed by atoms with Crippen molar-refractivity contribution in [3.8, 4) is 0 Å². The number of piperidine rings is 1. The van der Waals surface area contributed by atoms with Crippen LogP contribution in [0.1, 0.15) is 59.8 Å². The lowest BCUT2D eigenvalue weighted by Gasteiger charge is -2.26. The summed E-state index contributed by atoms with van der Waals surface area (Å²) in [6, 6.07) is 5.44. The van der Waals surface area contributed by atoms with E-state index in [0.29, 0.717) is 21.9 Å². The van der Waals surface area contributed by atoms with E-state index in [4.69, 9.17) is 10.5 Å². The van der Waals surface area contributed by atoms with Gasteiger partial charge in [0.1, 0.15) is 5.82 Å². The topological polar surface area (TPSA) is 130 Å². The van der Waals surface area contributed by atoms with Crippen molar-refractivity contribution < 1.29 is 23.5 Å². The van der Waals surface area contributed by atoms with Crippen molar-refractivity contribution >= 4 is 52.6 Å². The summed E-state index contributed by atoms with van der Waals surface area (Å²) in [4.78, 5) is 44.9. The number of rotatable bonds is 10. The molecule has 2 saturated heterocycles. The third-order valence-corrected chi connectivity index (χ3v) is 8.15. The fraction of sp³-hybridized carbons (Fsp3) is 0.484. The van der Waals surface area contributed by atoms with Gasteiger partial charge in [-0.3, -0.25) is 19.2 Å². The number of hydrogen-bond acceptors (Lipinski definition) is 9. The van der Waals surface area contributed by atoms with Gasteiger partial charge in [-0.25, -0.2) is 14.7 Å². The molecule has 2 aromatic rings. The van der Waals surface area contributed by atoms with Gasteiger partial charge in [-0.1, -0.05) is 56.3 Å². The van der Waals surface area contributed by atoms with Crippen LogP contribution in [0.3, 0.4) is 0 Å². The van der Waals surface area contributed by atoms with Gasteiger partial charge < -0.3 is 15.8 Å². The number of nitrogens with zero attached hydrogens (tertiary/aromatic N) is 3. The second kappa shape index (κ2) is 20.8. The van der Waals surface area contributed by atoms with Crippen LogP contribution in [0, 0.1) is 5.13 Å². The molecule has 13 heteroatoms. The minimum Gasteiger partial charge on any atom is -0.379 e. The number of halogens is 1. The largest absolute Gasteiger partial charge is 0.379 e. The molecule has 0 bridgehead atoms. The molecule has 2 fully saturated rings. The summed E-state index contributed by atoms with van der Waals surface area (Å²) >= 11 is 1.92. The molecular weight excluding hydrogens is 604 g/mol. The second-order valence-corrected chi connectivity index (χ2v) is 11.8. The number of ether oxygens (including phenoxy) is 1. The first-order chi connectivity index (χ1) is 21.3. The third kappa shape index (κ3) is 12.9. The fourth-order valence-corrected chi connectivity index (χ4v) is 5.54. The molecule has 0 saturated carbocycles. The molecule has 242 valence electrons. The first-order valence-electron chi connectivity index (χ1n) is 15.0. The molecule has 0 radical (unpaired) electrons. The van der Waals surface area contributed by atoms with Gasteiger partial charge in [-0.05, 0) is 75.5 Å². The maximum Gasteiger partial charge on any atom is 0.329 e. The van der Waals surface area contributed by atoms with E-state index < -0.39 is 6.03 Å². The van der Waals surface area contributed by atoms with Crippen LogP contribution in [0.4, 0.5) is 20.7 Å². The highest BCUT2D eigenvalue weighted by molar-refractivity contribution is 7.99. The normalized spacial score (nSPS) is 16.5. The number of hydrogen-bond donors (Lipinski definition) is 3. The quantitative estimate of drug-likeness (QED) is 0.159. The lowest BCUT2D eigenvalue weighted by molar-refractivity contribution is -0.126. The molecule has 44 heavy (non-hydrogen) atoms. The van der Waals surface area contributed by atoms with Crippen LogP contribution < -0.4 is 20.7 Å². The van der Waals surface area contributed by atoms with Crippen LogP contribution in [0.15, 0.2) is 58.0 Å². The van der Waals surface area contributed by atoms with Gasteiger partial charge in [0, 0.05) is 25.1 Å². The number of morpholine rings is 1. The monoisotopic (exact) mass is 648 g/mol. The van der Waals surface area contributed by atoms with Gasteiger partial charge >= 0.3 is 6.03 Å². The SMILES string of the molecule is CC.CCC/C(C)=C\C=C1/CCC(=O)N(c2ccc(NC(=O)NSc3ccc(F)s3)cn2)C1=O.NCCCN1CCOCC1. The van der Waals surface area contributed by atoms with Crippen LogP contribution in [0.25, 0.3) is 0 Å². The molecule has 10 nitrogen and oxygen atoms in total. The van der Waals surface area contributed by atoms with Crippen LogP contribution in [-0.4, -0.2) is 67.1 Å². The number of nitrogens with one attached hydrogen (secondary N) is 2. The molecule has 4 rings (SSSR count). The highest BCUT2D eigenvalue weighted by Gasteiger charge is 2.31. The first-order valence-corrected chi connectivity index (χ1v) is 16.6. The van der Waals surface area contributed by atoms with Crippen molar-refractivity contribution in [2.75, 3.05) is 49.6 Å². The number of thiophene rings is 1. The smallest absolute Gasteiger partial charge is 0.329 e. The lowest BCUT2D eigenvalue weighted by atomic mass is 10.0. The molecule has 2 aromatic heterocycles. The molecule has 4 heterocycles. The number of nitrogens with two attached hydrogens (primary N) is 1. The van der Waals surface area contributed by atoms with Gasteiger partial charge in [-0.15, -0.1) is 0 Å². The molecule has 0 aromatic carbocycles. The van der Waals surface area contributed by atoms with Crippen LogP contribution in [-0.2, 0) is 14.3 Å². The summed E-state index contributed by atoms with van der Waals surface area (Å²) in [7, 11) is 0. The molecule has 4 N–H and O–H groups in total. The van der Waals surface area contributed by atoms with Crippen molar-refractivity contribution in [2.45, 2.75) is 64.0 Å². The molecular formula is C31H45FN6O4S2. The fourth-order valence-electron chi connectivity index (χ4n) is 4.16. The van der Waals surface area contributed by atoms with Gasteiger partial charge in [0.05, 0.1) is 29.3 Å². The number of amides is 4. The van der Waals surface area contributed by atoms with Crippen LogP contribution in [0.2, 0.25) is 0 Å². The van der Waals surface area contributed by atoms with Gasteiger partial charge in [0.25, 0.3) is 5.91 Å². The number of allylic oxidation sites excluding steroid dienone is 3. The van der Waals surface area contributed by atoms with Crippen molar-refractivity contribution in [2.24, 2.45) is 5.73 Å². The van der Waals surface area contributed by atoms with E-state index in [-0.39, 0.29) is 29.2 Å². The lowest BCUT2D eigenvalue weighted by Crippen LogP contribution is -2.42.